The molecule has 2 fully saturated rings. The summed E-state index contributed by atoms with van der Waals surface area (Å²) in [5, 5.41) is 2.97. The highest BCUT2D eigenvalue weighted by Gasteiger charge is 2.41. The standard InChI is InChI=1S/C15H28N2O3/c1-12(2)10-16-14(18)11-17(3)13-4-6-15(7-5-13)19-8-9-20-15/h12-13H,4-11H2,1-3H3,(H,16,18). The normalized spacial score (nSPS) is 22.9. The first-order chi connectivity index (χ1) is 9.51. The summed E-state index contributed by atoms with van der Waals surface area (Å²) in [6.45, 7) is 6.88. The van der Waals surface area contributed by atoms with Crippen molar-refractivity contribution in [1.82, 2.24) is 10.2 Å². The van der Waals surface area contributed by atoms with Crippen LogP contribution in [-0.4, -0.2) is 56.0 Å². The van der Waals surface area contributed by atoms with Gasteiger partial charge in [0.15, 0.2) is 5.79 Å². The van der Waals surface area contributed by atoms with Crippen LogP contribution in [0.4, 0.5) is 0 Å². The second kappa shape index (κ2) is 6.87. The van der Waals surface area contributed by atoms with E-state index in [1.807, 2.05) is 7.05 Å². The molecule has 0 aromatic carbocycles. The van der Waals surface area contributed by atoms with Gasteiger partial charge in [-0.3, -0.25) is 9.69 Å². The lowest BCUT2D eigenvalue weighted by molar-refractivity contribution is -0.183. The predicted octanol–water partition coefficient (Wildman–Crippen LogP) is 1.38. The van der Waals surface area contributed by atoms with Crippen molar-refractivity contribution in [2.24, 2.45) is 5.92 Å². The average Bonchev–Trinajstić information content (AvgIpc) is 2.85. The number of hydrogen-bond acceptors (Lipinski definition) is 4. The maximum atomic E-state index is 11.8. The average molecular weight is 284 g/mol. The van der Waals surface area contributed by atoms with Crippen molar-refractivity contribution < 1.29 is 14.3 Å². The van der Waals surface area contributed by atoms with Crippen LogP contribution in [0.1, 0.15) is 39.5 Å². The lowest BCUT2D eigenvalue weighted by Gasteiger charge is -2.38. The fourth-order valence-corrected chi connectivity index (χ4v) is 3.00. The van der Waals surface area contributed by atoms with E-state index in [9.17, 15) is 4.79 Å². The van der Waals surface area contributed by atoms with Gasteiger partial charge in [-0.25, -0.2) is 0 Å². The molecular weight excluding hydrogens is 256 g/mol. The van der Waals surface area contributed by atoms with E-state index in [1.165, 1.54) is 0 Å². The highest BCUT2D eigenvalue weighted by Crippen LogP contribution is 2.36. The lowest BCUT2D eigenvalue weighted by Crippen LogP contribution is -2.46. The molecule has 5 nitrogen and oxygen atoms in total. The molecule has 1 amide bonds. The molecule has 1 aliphatic carbocycles. The zero-order chi connectivity index (χ0) is 14.6. The minimum absolute atomic E-state index is 0.120. The summed E-state index contributed by atoms with van der Waals surface area (Å²) in [6, 6.07) is 0.457. The minimum Gasteiger partial charge on any atom is -0.355 e. The number of nitrogens with zero attached hydrogens (tertiary/aromatic N) is 1. The van der Waals surface area contributed by atoms with Crippen LogP contribution < -0.4 is 5.32 Å². The van der Waals surface area contributed by atoms with Crippen LogP contribution in [0, 0.1) is 5.92 Å². The molecule has 0 bridgehead atoms. The maximum absolute atomic E-state index is 11.8. The Bertz CT molecular complexity index is 317. The van der Waals surface area contributed by atoms with Crippen LogP contribution in [0.2, 0.25) is 0 Å². The molecule has 116 valence electrons. The molecule has 0 aromatic rings. The van der Waals surface area contributed by atoms with E-state index in [-0.39, 0.29) is 11.7 Å². The molecule has 1 saturated carbocycles. The number of carbonyl (C=O) groups excluding carboxylic acids is 1. The maximum Gasteiger partial charge on any atom is 0.234 e. The molecule has 20 heavy (non-hydrogen) atoms. The largest absolute Gasteiger partial charge is 0.355 e. The Kier molecular flexibility index (Phi) is 5.41. The van der Waals surface area contributed by atoms with Gasteiger partial charge in [-0.2, -0.15) is 0 Å². The van der Waals surface area contributed by atoms with E-state index in [2.05, 4.69) is 24.1 Å². The van der Waals surface area contributed by atoms with Crippen LogP contribution in [-0.2, 0) is 14.3 Å². The molecule has 1 saturated heterocycles. The smallest absolute Gasteiger partial charge is 0.234 e. The van der Waals surface area contributed by atoms with Gasteiger partial charge in [0.2, 0.25) is 5.91 Å². The minimum atomic E-state index is -0.308. The molecule has 1 N–H and O–H groups in total. The fourth-order valence-electron chi connectivity index (χ4n) is 3.00. The zero-order valence-electron chi connectivity index (χ0n) is 13.0. The van der Waals surface area contributed by atoms with Crippen molar-refractivity contribution in [2.75, 3.05) is 33.4 Å². The summed E-state index contributed by atoms with van der Waals surface area (Å²) in [5.41, 5.74) is 0. The number of hydrogen-bond donors (Lipinski definition) is 1. The van der Waals surface area contributed by atoms with E-state index in [0.717, 1.165) is 45.4 Å². The Morgan fingerprint density at radius 1 is 1.30 bits per heavy atom. The number of likely N-dealkylation sites (N-methyl/N-ethyl adjacent to an activating group) is 1. The summed E-state index contributed by atoms with van der Waals surface area (Å²) in [6.07, 6.45) is 3.95. The summed E-state index contributed by atoms with van der Waals surface area (Å²) >= 11 is 0. The molecule has 0 atom stereocenters. The fraction of sp³-hybridized carbons (Fsp3) is 0.933. The number of amides is 1. The SMILES string of the molecule is CC(C)CNC(=O)CN(C)C1CCC2(CC1)OCCO2. The highest BCUT2D eigenvalue weighted by atomic mass is 16.7. The van der Waals surface area contributed by atoms with Gasteiger partial charge >= 0.3 is 0 Å². The Balaban J connectivity index is 1.71. The van der Waals surface area contributed by atoms with Gasteiger partial charge in [0.1, 0.15) is 0 Å². The summed E-state index contributed by atoms with van der Waals surface area (Å²) in [5.74, 6) is 0.308. The van der Waals surface area contributed by atoms with E-state index in [4.69, 9.17) is 9.47 Å². The van der Waals surface area contributed by atoms with Crippen molar-refractivity contribution in [3.05, 3.63) is 0 Å². The van der Waals surface area contributed by atoms with Crippen molar-refractivity contribution in [2.45, 2.75) is 51.4 Å². The first-order valence-corrected chi connectivity index (χ1v) is 7.76. The van der Waals surface area contributed by atoms with Crippen LogP contribution in [0.25, 0.3) is 0 Å². The summed E-state index contributed by atoms with van der Waals surface area (Å²) in [4.78, 5) is 14.0. The van der Waals surface area contributed by atoms with Crippen LogP contribution in [0.3, 0.4) is 0 Å². The van der Waals surface area contributed by atoms with Crippen LogP contribution in [0.5, 0.6) is 0 Å². The molecular formula is C15H28N2O3. The second-order valence-corrected chi connectivity index (χ2v) is 6.45. The number of carbonyl (C=O) groups is 1. The third kappa shape index (κ3) is 4.17. The molecule has 1 aliphatic heterocycles. The molecule has 2 aliphatic rings. The number of ether oxygens (including phenoxy) is 2. The molecule has 0 radical (unpaired) electrons. The topological polar surface area (TPSA) is 50.8 Å². The van der Waals surface area contributed by atoms with Crippen molar-refractivity contribution in [3.8, 4) is 0 Å². The Hall–Kier alpha value is -0.650. The highest BCUT2D eigenvalue weighted by molar-refractivity contribution is 5.78. The van der Waals surface area contributed by atoms with Gasteiger partial charge in [-0.05, 0) is 25.8 Å². The third-order valence-corrected chi connectivity index (χ3v) is 4.25. The number of rotatable bonds is 5. The molecule has 5 heteroatoms. The molecule has 1 heterocycles. The third-order valence-electron chi connectivity index (χ3n) is 4.25. The quantitative estimate of drug-likeness (QED) is 0.828. The van der Waals surface area contributed by atoms with Crippen molar-refractivity contribution >= 4 is 5.91 Å². The van der Waals surface area contributed by atoms with Gasteiger partial charge in [0.05, 0.1) is 19.8 Å². The second-order valence-electron chi connectivity index (χ2n) is 6.45. The Morgan fingerprint density at radius 3 is 2.45 bits per heavy atom. The van der Waals surface area contributed by atoms with Gasteiger partial charge in [0, 0.05) is 25.4 Å². The molecule has 1 spiro atoms. The Labute approximate surface area is 122 Å². The van der Waals surface area contributed by atoms with Crippen LogP contribution >= 0.6 is 0 Å². The van der Waals surface area contributed by atoms with E-state index < -0.39 is 0 Å². The first-order valence-electron chi connectivity index (χ1n) is 7.76. The summed E-state index contributed by atoms with van der Waals surface area (Å²) < 4.78 is 11.5. The van der Waals surface area contributed by atoms with E-state index in [1.54, 1.807) is 0 Å². The zero-order valence-corrected chi connectivity index (χ0v) is 13.0. The van der Waals surface area contributed by atoms with Gasteiger partial charge in [-0.1, -0.05) is 13.8 Å². The van der Waals surface area contributed by atoms with Crippen molar-refractivity contribution in [3.63, 3.8) is 0 Å². The summed E-state index contributed by atoms with van der Waals surface area (Å²) in [7, 11) is 2.04. The van der Waals surface area contributed by atoms with E-state index >= 15 is 0 Å². The van der Waals surface area contributed by atoms with Gasteiger partial charge in [0.25, 0.3) is 0 Å². The van der Waals surface area contributed by atoms with E-state index in [0.29, 0.717) is 18.5 Å². The first kappa shape index (κ1) is 15.7. The van der Waals surface area contributed by atoms with Crippen molar-refractivity contribution in [1.29, 1.82) is 0 Å². The van der Waals surface area contributed by atoms with Crippen LogP contribution in [0.15, 0.2) is 0 Å². The monoisotopic (exact) mass is 284 g/mol. The number of nitrogens with one attached hydrogen (secondary N) is 1. The molecule has 0 aromatic heterocycles. The lowest BCUT2D eigenvalue weighted by atomic mass is 9.89. The Morgan fingerprint density at radius 2 is 1.90 bits per heavy atom. The van der Waals surface area contributed by atoms with Gasteiger partial charge in [-0.15, -0.1) is 0 Å². The molecule has 2 rings (SSSR count). The van der Waals surface area contributed by atoms with Gasteiger partial charge < -0.3 is 14.8 Å². The molecule has 0 unspecified atom stereocenters. The predicted molar refractivity (Wildman–Crippen MR) is 77.4 cm³/mol.